The molecule has 1 aliphatic carbocycles. The lowest BCUT2D eigenvalue weighted by molar-refractivity contribution is -0.384. The fourth-order valence-electron chi connectivity index (χ4n) is 3.66. The van der Waals surface area contributed by atoms with Gasteiger partial charge in [0.15, 0.2) is 0 Å². The molecule has 1 aromatic heterocycles. The van der Waals surface area contributed by atoms with Crippen molar-refractivity contribution in [3.8, 4) is 11.3 Å². The van der Waals surface area contributed by atoms with Crippen LogP contribution in [0.25, 0.3) is 11.3 Å². The van der Waals surface area contributed by atoms with Crippen LogP contribution in [0.2, 0.25) is 0 Å². The first-order valence-electron chi connectivity index (χ1n) is 9.23. The summed E-state index contributed by atoms with van der Waals surface area (Å²) < 4.78 is 1.79. The van der Waals surface area contributed by atoms with Crippen LogP contribution in [0.1, 0.15) is 31.2 Å². The number of benzene rings is 1. The summed E-state index contributed by atoms with van der Waals surface area (Å²) in [4.78, 5) is 12.9. The van der Waals surface area contributed by atoms with Crippen LogP contribution >= 0.6 is 0 Å². The number of nitro benzene ring substituents is 1. The van der Waals surface area contributed by atoms with E-state index in [2.05, 4.69) is 22.4 Å². The van der Waals surface area contributed by atoms with Crippen LogP contribution < -0.4 is 5.32 Å². The Morgan fingerprint density at radius 3 is 2.65 bits per heavy atom. The number of nitrogens with zero attached hydrogens (tertiary/aromatic N) is 4. The van der Waals surface area contributed by atoms with E-state index in [1.54, 1.807) is 16.8 Å². The summed E-state index contributed by atoms with van der Waals surface area (Å²) in [5, 5.41) is 18.9. The second kappa shape index (κ2) is 8.42. The van der Waals surface area contributed by atoms with Crippen molar-refractivity contribution >= 4 is 5.69 Å². The molecule has 1 N–H and O–H groups in total. The van der Waals surface area contributed by atoms with Gasteiger partial charge in [-0.1, -0.05) is 12.8 Å². The zero-order valence-corrected chi connectivity index (χ0v) is 15.5. The van der Waals surface area contributed by atoms with E-state index in [-0.39, 0.29) is 10.6 Å². The summed E-state index contributed by atoms with van der Waals surface area (Å²) in [6, 6.07) is 7.32. The van der Waals surface area contributed by atoms with Crippen molar-refractivity contribution in [3.63, 3.8) is 0 Å². The first-order valence-corrected chi connectivity index (χ1v) is 9.23. The molecule has 0 aliphatic heterocycles. The Kier molecular flexibility index (Phi) is 6.00. The minimum atomic E-state index is -0.383. The Morgan fingerprint density at radius 1 is 1.31 bits per heavy atom. The number of aromatic nitrogens is 2. The van der Waals surface area contributed by atoms with E-state index in [1.807, 2.05) is 13.2 Å². The Labute approximate surface area is 154 Å². The number of rotatable bonds is 8. The van der Waals surface area contributed by atoms with Crippen LogP contribution in [0.5, 0.6) is 0 Å². The molecule has 26 heavy (non-hydrogen) atoms. The SMILES string of the molecule is CN(CCNCc1cn(C)nc1-c1ccc([N+](=O)[O-])cc1)C1CCCC1. The minimum Gasteiger partial charge on any atom is -0.311 e. The van der Waals surface area contributed by atoms with Gasteiger partial charge in [0.25, 0.3) is 5.69 Å². The smallest absolute Gasteiger partial charge is 0.269 e. The molecule has 0 unspecified atom stereocenters. The minimum absolute atomic E-state index is 0.0966. The number of likely N-dealkylation sites (N-methyl/N-ethyl adjacent to an activating group) is 1. The van der Waals surface area contributed by atoms with Crippen molar-refractivity contribution in [1.82, 2.24) is 20.0 Å². The molecule has 1 fully saturated rings. The van der Waals surface area contributed by atoms with Crippen LogP contribution in [0, 0.1) is 10.1 Å². The van der Waals surface area contributed by atoms with Crippen LogP contribution in [0.4, 0.5) is 5.69 Å². The molecular formula is C19H27N5O2. The van der Waals surface area contributed by atoms with Gasteiger partial charge in [0.1, 0.15) is 0 Å². The van der Waals surface area contributed by atoms with Crippen LogP contribution in [0.15, 0.2) is 30.5 Å². The third-order valence-corrected chi connectivity index (χ3v) is 5.16. The summed E-state index contributed by atoms with van der Waals surface area (Å²) in [6.45, 7) is 2.71. The van der Waals surface area contributed by atoms with Crippen molar-refractivity contribution in [2.45, 2.75) is 38.3 Å². The number of non-ortho nitro benzene ring substituents is 1. The van der Waals surface area contributed by atoms with Gasteiger partial charge in [0.2, 0.25) is 0 Å². The van der Waals surface area contributed by atoms with Gasteiger partial charge in [0.05, 0.1) is 10.6 Å². The molecule has 1 heterocycles. The van der Waals surface area contributed by atoms with Gasteiger partial charge in [-0.2, -0.15) is 5.10 Å². The molecular weight excluding hydrogens is 330 g/mol. The first-order chi connectivity index (χ1) is 12.5. The maximum Gasteiger partial charge on any atom is 0.269 e. The molecule has 1 saturated carbocycles. The van der Waals surface area contributed by atoms with Gasteiger partial charge in [0, 0.05) is 62.2 Å². The van der Waals surface area contributed by atoms with Gasteiger partial charge in [-0.25, -0.2) is 0 Å². The highest BCUT2D eigenvalue weighted by Gasteiger charge is 2.19. The van der Waals surface area contributed by atoms with Crippen molar-refractivity contribution in [2.75, 3.05) is 20.1 Å². The fraction of sp³-hybridized carbons (Fsp3) is 0.526. The molecule has 140 valence electrons. The number of nitro groups is 1. The van der Waals surface area contributed by atoms with Crippen molar-refractivity contribution < 1.29 is 4.92 Å². The highest BCUT2D eigenvalue weighted by molar-refractivity contribution is 5.64. The number of hydrogen-bond acceptors (Lipinski definition) is 5. The third kappa shape index (κ3) is 4.47. The van der Waals surface area contributed by atoms with Crippen LogP contribution in [-0.2, 0) is 13.6 Å². The summed E-state index contributed by atoms with van der Waals surface area (Å²) in [7, 11) is 4.11. The molecule has 0 atom stereocenters. The normalized spacial score (nSPS) is 15.0. The van der Waals surface area contributed by atoms with Crippen LogP contribution in [-0.4, -0.2) is 45.8 Å². The average molecular weight is 357 g/mol. The molecule has 3 rings (SSSR count). The van der Waals surface area contributed by atoms with Gasteiger partial charge < -0.3 is 10.2 Å². The van der Waals surface area contributed by atoms with E-state index >= 15 is 0 Å². The lowest BCUT2D eigenvalue weighted by Crippen LogP contribution is -2.35. The highest BCUT2D eigenvalue weighted by Crippen LogP contribution is 2.24. The third-order valence-electron chi connectivity index (χ3n) is 5.16. The van der Waals surface area contributed by atoms with E-state index in [4.69, 9.17) is 0 Å². The van der Waals surface area contributed by atoms with Crippen LogP contribution in [0.3, 0.4) is 0 Å². The molecule has 1 aromatic carbocycles. The highest BCUT2D eigenvalue weighted by atomic mass is 16.6. The van der Waals surface area contributed by atoms with Gasteiger partial charge in [-0.05, 0) is 32.0 Å². The molecule has 1 aliphatic rings. The van der Waals surface area contributed by atoms with Gasteiger partial charge in [-0.3, -0.25) is 14.8 Å². The predicted octanol–water partition coefficient (Wildman–Crippen LogP) is 2.96. The van der Waals surface area contributed by atoms with Gasteiger partial charge >= 0.3 is 0 Å². The summed E-state index contributed by atoms with van der Waals surface area (Å²) in [5.74, 6) is 0. The van der Waals surface area contributed by atoms with Crippen molar-refractivity contribution in [2.24, 2.45) is 7.05 Å². The molecule has 7 nitrogen and oxygen atoms in total. The maximum absolute atomic E-state index is 10.8. The zero-order valence-electron chi connectivity index (χ0n) is 15.5. The number of hydrogen-bond donors (Lipinski definition) is 1. The summed E-state index contributed by atoms with van der Waals surface area (Å²) in [6.07, 6.45) is 7.37. The summed E-state index contributed by atoms with van der Waals surface area (Å²) >= 11 is 0. The van der Waals surface area contributed by atoms with E-state index in [0.29, 0.717) is 0 Å². The largest absolute Gasteiger partial charge is 0.311 e. The predicted molar refractivity (Wildman–Crippen MR) is 102 cm³/mol. The maximum atomic E-state index is 10.8. The zero-order chi connectivity index (χ0) is 18.5. The molecule has 0 amide bonds. The number of nitrogens with one attached hydrogen (secondary N) is 1. The van der Waals surface area contributed by atoms with E-state index in [1.165, 1.54) is 37.8 Å². The molecule has 7 heteroatoms. The Hall–Kier alpha value is -2.25. The average Bonchev–Trinajstić information content (AvgIpc) is 3.28. The van der Waals surface area contributed by atoms with Gasteiger partial charge in [-0.15, -0.1) is 0 Å². The standard InChI is InChI=1S/C19H27N5O2/c1-22(17-5-3-4-6-17)12-11-20-13-16-14-23(2)21-19(16)15-7-9-18(10-8-15)24(25)26/h7-10,14,17,20H,3-6,11-13H2,1-2H3. The lowest BCUT2D eigenvalue weighted by atomic mass is 10.1. The number of aryl methyl sites for hydroxylation is 1. The molecule has 0 spiro atoms. The van der Waals surface area contributed by atoms with Crippen molar-refractivity contribution in [1.29, 1.82) is 0 Å². The van der Waals surface area contributed by atoms with Crippen molar-refractivity contribution in [3.05, 3.63) is 46.1 Å². The second-order valence-electron chi connectivity index (χ2n) is 7.08. The topological polar surface area (TPSA) is 76.2 Å². The quantitative estimate of drug-likeness (QED) is 0.446. The Balaban J connectivity index is 1.57. The Bertz CT molecular complexity index is 735. The van der Waals surface area contributed by atoms with E-state index < -0.39 is 0 Å². The van der Waals surface area contributed by atoms with E-state index in [9.17, 15) is 10.1 Å². The fourth-order valence-corrected chi connectivity index (χ4v) is 3.66. The monoisotopic (exact) mass is 357 g/mol. The Morgan fingerprint density at radius 2 is 2.00 bits per heavy atom. The molecule has 0 bridgehead atoms. The molecule has 0 radical (unpaired) electrons. The molecule has 2 aromatic rings. The second-order valence-corrected chi connectivity index (χ2v) is 7.08. The van der Waals surface area contributed by atoms with E-state index in [0.717, 1.165) is 42.5 Å². The molecule has 0 saturated heterocycles. The summed E-state index contributed by atoms with van der Waals surface area (Å²) in [5.41, 5.74) is 2.97. The first kappa shape index (κ1) is 18.5. The lowest BCUT2D eigenvalue weighted by Gasteiger charge is -2.23.